The van der Waals surface area contributed by atoms with Crippen molar-refractivity contribution in [2.24, 2.45) is 0 Å². The Hall–Kier alpha value is -1.87. The summed E-state index contributed by atoms with van der Waals surface area (Å²) in [7, 11) is 1.33. The van der Waals surface area contributed by atoms with Crippen molar-refractivity contribution in [3.63, 3.8) is 0 Å². The molecule has 0 aliphatic carbocycles. The predicted octanol–water partition coefficient (Wildman–Crippen LogP) is 7.83. The zero-order chi connectivity index (χ0) is 24.0. The van der Waals surface area contributed by atoms with E-state index in [4.69, 9.17) is 23.2 Å². The summed E-state index contributed by atoms with van der Waals surface area (Å²) in [4.78, 5) is 23.1. The van der Waals surface area contributed by atoms with Crippen LogP contribution < -0.4 is 0 Å². The number of benzene rings is 3. The van der Waals surface area contributed by atoms with Crippen LogP contribution in [-0.4, -0.2) is 18.9 Å². The van der Waals surface area contributed by atoms with E-state index in [9.17, 15) is 22.8 Å². The molecule has 0 amide bonds. The minimum Gasteiger partial charge on any atom is -0.465 e. The molecule has 0 aromatic heterocycles. The number of ketones is 1. The van der Waals surface area contributed by atoms with Crippen LogP contribution in [0.3, 0.4) is 0 Å². The van der Waals surface area contributed by atoms with E-state index in [2.05, 4.69) is 36.6 Å². The van der Waals surface area contributed by atoms with Gasteiger partial charge in [-0.1, -0.05) is 39.1 Å². The minimum absolute atomic E-state index is 0.181. The second-order valence-electron chi connectivity index (χ2n) is 6.16. The zero-order valence-corrected chi connectivity index (χ0v) is 20.9. The van der Waals surface area contributed by atoms with Crippen molar-refractivity contribution in [1.29, 1.82) is 0 Å². The van der Waals surface area contributed by atoms with E-state index in [0.29, 0.717) is 30.6 Å². The molecule has 0 saturated carbocycles. The second-order valence-corrected chi connectivity index (χ2v) is 8.74. The number of carbonyl (C=O) groups excluding carboxylic acids is 2. The Morgan fingerprint density at radius 3 is 1.91 bits per heavy atom. The third kappa shape index (κ3) is 6.81. The van der Waals surface area contributed by atoms with Crippen molar-refractivity contribution in [2.75, 3.05) is 7.11 Å². The van der Waals surface area contributed by atoms with Crippen LogP contribution in [0.1, 0.15) is 26.3 Å². The number of Topliss-reactive ketones (excluding diaryl/α,β-unsaturated/α-hetero) is 1. The molecule has 168 valence electrons. The van der Waals surface area contributed by atoms with E-state index < -0.39 is 41.2 Å². The number of methoxy groups -OCH3 is 1. The lowest BCUT2D eigenvalue weighted by atomic mass is 10.0. The summed E-state index contributed by atoms with van der Waals surface area (Å²) >= 11 is 17.8. The van der Waals surface area contributed by atoms with Crippen molar-refractivity contribution in [1.82, 2.24) is 0 Å². The Morgan fingerprint density at radius 2 is 1.34 bits per heavy atom. The monoisotopic (exact) mass is 610 g/mol. The Bertz CT molecular complexity index is 1170. The van der Waals surface area contributed by atoms with Gasteiger partial charge >= 0.3 is 5.97 Å². The average Bonchev–Trinajstić information content (AvgIpc) is 2.77. The van der Waals surface area contributed by atoms with E-state index in [1.165, 1.54) is 13.2 Å². The topological polar surface area (TPSA) is 43.4 Å². The average molecular weight is 613 g/mol. The van der Waals surface area contributed by atoms with Crippen LogP contribution in [0.15, 0.2) is 57.5 Å². The molecule has 3 rings (SSSR count). The molecule has 0 atom stereocenters. The quantitative estimate of drug-likeness (QED) is 0.171. The highest BCUT2D eigenvalue weighted by Crippen LogP contribution is 2.25. The Labute approximate surface area is 208 Å². The van der Waals surface area contributed by atoms with Gasteiger partial charge in [-0.3, -0.25) is 4.79 Å². The molecule has 3 aromatic carbocycles. The highest BCUT2D eigenvalue weighted by atomic mass is 79.9. The van der Waals surface area contributed by atoms with Gasteiger partial charge in [-0.2, -0.15) is 0 Å². The first-order valence-corrected chi connectivity index (χ1v) is 11.0. The summed E-state index contributed by atoms with van der Waals surface area (Å²) < 4.78 is 45.7. The van der Waals surface area contributed by atoms with Gasteiger partial charge < -0.3 is 4.74 Å². The third-order valence-electron chi connectivity index (χ3n) is 4.04. The van der Waals surface area contributed by atoms with Crippen LogP contribution >= 0.6 is 55.1 Å². The number of carbonyl (C=O) groups is 2. The maximum Gasteiger partial charge on any atom is 0.339 e. The largest absolute Gasteiger partial charge is 0.465 e. The molecule has 0 aliphatic heterocycles. The van der Waals surface area contributed by atoms with Gasteiger partial charge in [-0.15, -0.1) is 0 Å². The third-order valence-corrected chi connectivity index (χ3v) is 5.89. The van der Waals surface area contributed by atoms with Crippen molar-refractivity contribution in [3.8, 4) is 0 Å². The number of hydrogen-bond donors (Lipinski definition) is 0. The molecule has 0 saturated heterocycles. The number of ether oxygens (including phenoxy) is 1. The first-order valence-electron chi connectivity index (χ1n) is 8.69. The molecule has 32 heavy (non-hydrogen) atoms. The summed E-state index contributed by atoms with van der Waals surface area (Å²) in [5.74, 6) is -4.47. The van der Waals surface area contributed by atoms with E-state index in [1.54, 1.807) is 30.3 Å². The molecule has 10 heteroatoms. The Kier molecular flexibility index (Phi) is 9.76. The van der Waals surface area contributed by atoms with Gasteiger partial charge in [0.1, 0.15) is 5.82 Å². The van der Waals surface area contributed by atoms with Crippen LogP contribution in [0.4, 0.5) is 13.2 Å². The summed E-state index contributed by atoms with van der Waals surface area (Å²) in [5.41, 5.74) is 0.0208. The summed E-state index contributed by atoms with van der Waals surface area (Å²) in [5, 5.41) is 0.829. The Morgan fingerprint density at radius 1 is 0.844 bits per heavy atom. The fraction of sp³-hybridized carbons (Fsp3) is 0.0909. The van der Waals surface area contributed by atoms with Crippen molar-refractivity contribution < 1.29 is 27.5 Å². The highest BCUT2D eigenvalue weighted by molar-refractivity contribution is 9.10. The van der Waals surface area contributed by atoms with Crippen LogP contribution in [-0.2, 0) is 11.2 Å². The first kappa shape index (κ1) is 26.4. The maximum atomic E-state index is 13.5. The minimum atomic E-state index is -1.35. The van der Waals surface area contributed by atoms with E-state index >= 15 is 0 Å². The number of esters is 1. The summed E-state index contributed by atoms with van der Waals surface area (Å²) in [6.45, 7) is 0. The van der Waals surface area contributed by atoms with Gasteiger partial charge in [0.05, 0.1) is 12.7 Å². The molecule has 0 unspecified atom stereocenters. The fourth-order valence-electron chi connectivity index (χ4n) is 2.46. The van der Waals surface area contributed by atoms with E-state index in [0.717, 1.165) is 6.07 Å². The standard InChI is InChI=1S/C14H7BrClF3O.C8H6BrClO2/c15-10-2-1-7(16)5-8(10)13(20)6-9-11(17)3-4-12(18)14(9)19;1-12-8(11)6-4-5(10)2-3-7(6)9/h1-5H,6H2;2-4H,1H3. The van der Waals surface area contributed by atoms with Gasteiger partial charge in [-0.25, -0.2) is 18.0 Å². The van der Waals surface area contributed by atoms with Gasteiger partial charge in [0.2, 0.25) is 0 Å². The van der Waals surface area contributed by atoms with Crippen LogP contribution in [0, 0.1) is 17.5 Å². The summed E-state index contributed by atoms with van der Waals surface area (Å²) in [6, 6.07) is 10.9. The molecule has 0 heterocycles. The number of halogens is 7. The van der Waals surface area contributed by atoms with Gasteiger partial charge in [0, 0.05) is 36.5 Å². The number of rotatable bonds is 4. The molecule has 0 N–H and O–H groups in total. The Balaban J connectivity index is 0.000000258. The lowest BCUT2D eigenvalue weighted by Crippen LogP contribution is -2.09. The van der Waals surface area contributed by atoms with Gasteiger partial charge in [0.15, 0.2) is 17.4 Å². The summed E-state index contributed by atoms with van der Waals surface area (Å²) in [6.07, 6.45) is -0.589. The van der Waals surface area contributed by atoms with Crippen molar-refractivity contribution in [2.45, 2.75) is 6.42 Å². The van der Waals surface area contributed by atoms with Crippen molar-refractivity contribution >= 4 is 66.8 Å². The van der Waals surface area contributed by atoms with Gasteiger partial charge in [0.25, 0.3) is 0 Å². The highest BCUT2D eigenvalue weighted by Gasteiger charge is 2.19. The number of hydrogen-bond acceptors (Lipinski definition) is 3. The van der Waals surface area contributed by atoms with Crippen molar-refractivity contribution in [3.05, 3.63) is 102 Å². The fourth-order valence-corrected chi connectivity index (χ4v) is 3.68. The van der Waals surface area contributed by atoms with E-state index in [1.807, 2.05) is 0 Å². The van der Waals surface area contributed by atoms with Crippen LogP contribution in [0.5, 0.6) is 0 Å². The van der Waals surface area contributed by atoms with Crippen LogP contribution in [0.25, 0.3) is 0 Å². The molecular formula is C22H13Br2Cl2F3O3. The maximum absolute atomic E-state index is 13.5. The molecule has 0 spiro atoms. The molecule has 0 bridgehead atoms. The predicted molar refractivity (Wildman–Crippen MR) is 124 cm³/mol. The molecule has 3 nitrogen and oxygen atoms in total. The lowest BCUT2D eigenvalue weighted by Gasteiger charge is -2.07. The zero-order valence-electron chi connectivity index (χ0n) is 16.2. The normalized spacial score (nSPS) is 10.2. The molecule has 0 aliphatic rings. The molecular weight excluding hydrogens is 600 g/mol. The smallest absolute Gasteiger partial charge is 0.339 e. The van der Waals surface area contributed by atoms with E-state index in [-0.39, 0.29) is 5.56 Å². The van der Waals surface area contributed by atoms with Gasteiger partial charge in [-0.05, 0) is 64.5 Å². The first-order chi connectivity index (χ1) is 15.0. The molecule has 3 aromatic rings. The second kappa shape index (κ2) is 11.8. The molecule has 0 fully saturated rings. The lowest BCUT2D eigenvalue weighted by molar-refractivity contribution is 0.0599. The van der Waals surface area contributed by atoms with Crippen LogP contribution in [0.2, 0.25) is 10.0 Å². The molecule has 0 radical (unpaired) electrons. The SMILES string of the molecule is COC(=O)c1cc(Cl)ccc1Br.O=C(Cc1c(F)ccc(F)c1F)c1cc(Cl)ccc1Br.